The number of carboxylic acid groups (broad SMARTS) is 1. The van der Waals surface area contributed by atoms with Gasteiger partial charge in [0.05, 0.1) is 11.7 Å². The Morgan fingerprint density at radius 2 is 2.00 bits per heavy atom. The average Bonchev–Trinajstić information content (AvgIpc) is 2.28. The summed E-state index contributed by atoms with van der Waals surface area (Å²) in [6, 6.07) is 6.89. The van der Waals surface area contributed by atoms with Gasteiger partial charge in [0.2, 0.25) is 0 Å². The summed E-state index contributed by atoms with van der Waals surface area (Å²) in [5, 5.41) is 21.8. The Labute approximate surface area is 108 Å². The van der Waals surface area contributed by atoms with Crippen LogP contribution in [0.1, 0.15) is 36.2 Å². The summed E-state index contributed by atoms with van der Waals surface area (Å²) in [4.78, 5) is 11.0. The van der Waals surface area contributed by atoms with Crippen LogP contribution in [0.3, 0.4) is 0 Å². The molecule has 1 unspecified atom stereocenters. The topological polar surface area (TPSA) is 69.6 Å². The number of aromatic carboxylic acids is 1. The van der Waals surface area contributed by atoms with E-state index in [-0.39, 0.29) is 6.10 Å². The summed E-state index contributed by atoms with van der Waals surface area (Å²) in [6.45, 7) is 5.05. The van der Waals surface area contributed by atoms with Crippen molar-refractivity contribution in [2.75, 3.05) is 6.54 Å². The first-order valence-corrected chi connectivity index (χ1v) is 6.20. The van der Waals surface area contributed by atoms with Crippen LogP contribution >= 0.6 is 0 Å². The van der Waals surface area contributed by atoms with Crippen LogP contribution in [0.2, 0.25) is 0 Å². The largest absolute Gasteiger partial charge is 0.478 e. The third-order valence-corrected chi connectivity index (χ3v) is 2.69. The Hall–Kier alpha value is -1.39. The monoisotopic (exact) mass is 251 g/mol. The van der Waals surface area contributed by atoms with Gasteiger partial charge in [-0.1, -0.05) is 32.0 Å². The van der Waals surface area contributed by atoms with Crippen LogP contribution in [0, 0.1) is 5.92 Å². The van der Waals surface area contributed by atoms with Gasteiger partial charge in [-0.3, -0.25) is 0 Å². The molecule has 0 saturated carbocycles. The summed E-state index contributed by atoms with van der Waals surface area (Å²) >= 11 is 0. The van der Waals surface area contributed by atoms with Gasteiger partial charge >= 0.3 is 5.97 Å². The molecule has 1 rings (SSSR count). The van der Waals surface area contributed by atoms with Crippen molar-refractivity contribution in [2.45, 2.75) is 32.9 Å². The van der Waals surface area contributed by atoms with Crippen molar-refractivity contribution in [1.29, 1.82) is 0 Å². The maximum atomic E-state index is 11.0. The number of rotatable bonds is 7. The number of hydrogen-bond acceptors (Lipinski definition) is 3. The zero-order chi connectivity index (χ0) is 13.5. The molecule has 0 heterocycles. The highest BCUT2D eigenvalue weighted by Crippen LogP contribution is 2.09. The zero-order valence-electron chi connectivity index (χ0n) is 10.9. The quantitative estimate of drug-likeness (QED) is 0.692. The van der Waals surface area contributed by atoms with Crippen molar-refractivity contribution in [1.82, 2.24) is 5.32 Å². The fourth-order valence-electron chi connectivity index (χ4n) is 1.88. The SMILES string of the molecule is CC(C)CC(O)CNCc1ccccc1C(=O)O. The van der Waals surface area contributed by atoms with Crippen LogP contribution in [-0.4, -0.2) is 28.8 Å². The standard InChI is InChI=1S/C14H21NO3/c1-10(2)7-12(16)9-15-8-11-5-3-4-6-13(11)14(17)18/h3-6,10,12,15-16H,7-9H2,1-2H3,(H,17,18). The van der Waals surface area contributed by atoms with Gasteiger partial charge in [-0.05, 0) is 24.0 Å². The second-order valence-corrected chi connectivity index (χ2v) is 4.88. The highest BCUT2D eigenvalue weighted by atomic mass is 16.4. The van der Waals surface area contributed by atoms with E-state index in [9.17, 15) is 9.90 Å². The van der Waals surface area contributed by atoms with Crippen molar-refractivity contribution in [3.8, 4) is 0 Å². The number of hydrogen-bond donors (Lipinski definition) is 3. The smallest absolute Gasteiger partial charge is 0.336 e. The van der Waals surface area contributed by atoms with Gasteiger partial charge in [0.1, 0.15) is 0 Å². The fraction of sp³-hybridized carbons (Fsp3) is 0.500. The van der Waals surface area contributed by atoms with Crippen molar-refractivity contribution in [3.63, 3.8) is 0 Å². The Bertz CT molecular complexity index is 390. The van der Waals surface area contributed by atoms with Gasteiger partial charge in [0.15, 0.2) is 0 Å². The lowest BCUT2D eigenvalue weighted by atomic mass is 10.1. The summed E-state index contributed by atoms with van der Waals surface area (Å²) in [5.41, 5.74) is 1.05. The van der Waals surface area contributed by atoms with Gasteiger partial charge in [0, 0.05) is 13.1 Å². The van der Waals surface area contributed by atoms with E-state index in [1.807, 2.05) is 6.07 Å². The first-order valence-electron chi connectivity index (χ1n) is 6.20. The first kappa shape index (κ1) is 14.7. The molecule has 0 bridgehead atoms. The molecule has 3 N–H and O–H groups in total. The molecule has 1 aromatic rings. The number of carboxylic acids is 1. The molecule has 0 aliphatic rings. The maximum absolute atomic E-state index is 11.0. The minimum atomic E-state index is -0.921. The summed E-state index contributed by atoms with van der Waals surface area (Å²) < 4.78 is 0. The second-order valence-electron chi connectivity index (χ2n) is 4.88. The van der Waals surface area contributed by atoms with E-state index in [2.05, 4.69) is 19.2 Å². The number of nitrogens with one attached hydrogen (secondary N) is 1. The molecule has 0 aliphatic heterocycles. The molecule has 0 saturated heterocycles. The normalized spacial score (nSPS) is 12.7. The molecule has 1 aromatic carbocycles. The van der Waals surface area contributed by atoms with E-state index in [1.54, 1.807) is 18.2 Å². The Kier molecular flexibility index (Phi) is 5.82. The molecule has 0 radical (unpaired) electrons. The van der Waals surface area contributed by atoms with Crippen LogP contribution in [0.5, 0.6) is 0 Å². The molecule has 0 aromatic heterocycles. The van der Waals surface area contributed by atoms with E-state index < -0.39 is 5.97 Å². The maximum Gasteiger partial charge on any atom is 0.336 e. The van der Waals surface area contributed by atoms with Crippen molar-refractivity contribution in [2.24, 2.45) is 5.92 Å². The Morgan fingerprint density at radius 1 is 1.33 bits per heavy atom. The third kappa shape index (κ3) is 4.85. The minimum absolute atomic E-state index is 0.309. The van der Waals surface area contributed by atoms with E-state index in [1.165, 1.54) is 0 Å². The number of aliphatic hydroxyl groups is 1. The third-order valence-electron chi connectivity index (χ3n) is 2.69. The van der Waals surface area contributed by atoms with Crippen LogP contribution in [0.4, 0.5) is 0 Å². The lowest BCUT2D eigenvalue weighted by Crippen LogP contribution is -2.28. The van der Waals surface area contributed by atoms with Gasteiger partial charge in [-0.2, -0.15) is 0 Å². The summed E-state index contributed by atoms with van der Waals surface area (Å²) in [5.74, 6) is -0.469. The molecular formula is C14H21NO3. The van der Waals surface area contributed by atoms with Crippen LogP contribution in [0.15, 0.2) is 24.3 Å². The predicted octanol–water partition coefficient (Wildman–Crippen LogP) is 1.88. The van der Waals surface area contributed by atoms with Gasteiger partial charge in [0.25, 0.3) is 0 Å². The lowest BCUT2D eigenvalue weighted by Gasteiger charge is -2.14. The van der Waals surface area contributed by atoms with Crippen molar-refractivity contribution in [3.05, 3.63) is 35.4 Å². The highest BCUT2D eigenvalue weighted by molar-refractivity contribution is 5.89. The number of carbonyl (C=O) groups is 1. The minimum Gasteiger partial charge on any atom is -0.478 e. The molecular weight excluding hydrogens is 230 g/mol. The first-order chi connectivity index (χ1) is 8.50. The molecule has 0 aliphatic carbocycles. The molecule has 0 fully saturated rings. The summed E-state index contributed by atoms with van der Waals surface area (Å²) in [6.07, 6.45) is 0.357. The molecule has 100 valence electrons. The van der Waals surface area contributed by atoms with Crippen LogP contribution in [-0.2, 0) is 6.54 Å². The second kappa shape index (κ2) is 7.13. The van der Waals surface area contributed by atoms with E-state index in [0.29, 0.717) is 24.6 Å². The van der Waals surface area contributed by atoms with Gasteiger partial charge < -0.3 is 15.5 Å². The number of benzene rings is 1. The Morgan fingerprint density at radius 3 is 2.61 bits per heavy atom. The molecule has 0 amide bonds. The predicted molar refractivity (Wildman–Crippen MR) is 70.6 cm³/mol. The molecule has 1 atom stereocenters. The van der Waals surface area contributed by atoms with E-state index in [4.69, 9.17) is 5.11 Å². The van der Waals surface area contributed by atoms with Gasteiger partial charge in [-0.15, -0.1) is 0 Å². The van der Waals surface area contributed by atoms with E-state index >= 15 is 0 Å². The van der Waals surface area contributed by atoms with Crippen LogP contribution < -0.4 is 5.32 Å². The van der Waals surface area contributed by atoms with Crippen molar-refractivity contribution < 1.29 is 15.0 Å². The molecule has 0 spiro atoms. The van der Waals surface area contributed by atoms with Crippen LogP contribution in [0.25, 0.3) is 0 Å². The number of aliphatic hydroxyl groups excluding tert-OH is 1. The Balaban J connectivity index is 2.46. The zero-order valence-corrected chi connectivity index (χ0v) is 10.9. The average molecular weight is 251 g/mol. The molecule has 18 heavy (non-hydrogen) atoms. The summed E-state index contributed by atoms with van der Waals surface area (Å²) in [7, 11) is 0. The van der Waals surface area contributed by atoms with E-state index in [0.717, 1.165) is 12.0 Å². The van der Waals surface area contributed by atoms with Crippen molar-refractivity contribution >= 4 is 5.97 Å². The molecule has 4 nitrogen and oxygen atoms in total. The van der Waals surface area contributed by atoms with Gasteiger partial charge in [-0.25, -0.2) is 4.79 Å². The fourth-order valence-corrected chi connectivity index (χ4v) is 1.88. The lowest BCUT2D eigenvalue weighted by molar-refractivity contribution is 0.0695. The molecule has 4 heteroatoms. The highest BCUT2D eigenvalue weighted by Gasteiger charge is 2.10.